The summed E-state index contributed by atoms with van der Waals surface area (Å²) in [4.78, 5) is 37.2. The summed E-state index contributed by atoms with van der Waals surface area (Å²) in [6.45, 7) is 4.73. The van der Waals surface area contributed by atoms with Crippen LogP contribution in [-0.4, -0.2) is 80.6 Å². The van der Waals surface area contributed by atoms with Crippen LogP contribution in [0.5, 0.6) is 0 Å². The van der Waals surface area contributed by atoms with Gasteiger partial charge in [0.1, 0.15) is 6.61 Å². The molecule has 0 saturated heterocycles. The third-order valence-corrected chi connectivity index (χ3v) is 11.8. The summed E-state index contributed by atoms with van der Waals surface area (Å²) in [5, 5.41) is 9.65. The van der Waals surface area contributed by atoms with Crippen LogP contribution in [0.3, 0.4) is 0 Å². The lowest BCUT2D eigenvalue weighted by atomic mass is 10.1. The van der Waals surface area contributed by atoms with Crippen LogP contribution in [0.2, 0.25) is 0 Å². The Kier molecular flexibility index (Phi) is 43.3. The number of nitrogens with zero attached hydrogens (tertiary/aromatic N) is 1. The molecule has 0 spiro atoms. The van der Waals surface area contributed by atoms with Gasteiger partial charge < -0.3 is 23.8 Å². The Morgan fingerprint density at radius 1 is 0.484 bits per heavy atom. The molecule has 1 N–H and O–H groups in total. The molecule has 0 aliphatic rings. The molecule has 362 valence electrons. The van der Waals surface area contributed by atoms with E-state index in [1.807, 2.05) is 21.1 Å². The average Bonchev–Trinajstić information content (AvgIpc) is 3.23. The van der Waals surface area contributed by atoms with Gasteiger partial charge in [0.2, 0.25) is 0 Å². The molecule has 0 aromatic carbocycles. The standard InChI is InChI=1S/C54H99NO7/c1-6-8-10-12-14-16-18-20-22-24-26-28-30-32-34-36-38-40-42-44-52(56)61-49-50(48-60-47-46-51(54(58)59)55(3,4)5)62-53(57)45-43-41-39-37-35-33-31-29-27-25-23-21-19-17-15-13-11-9-7-2/h15,17,20-23,50-51H,6-14,16,18-19,24-49H2,1-5H3/p+1/b17-15-,22-20-,23-21-. The fourth-order valence-corrected chi connectivity index (χ4v) is 7.71. The number of carboxylic acid groups (broad SMARTS) is 1. The first-order chi connectivity index (χ1) is 30.1. The first kappa shape index (κ1) is 59.5. The summed E-state index contributed by atoms with van der Waals surface area (Å²) >= 11 is 0. The number of quaternary nitrogens is 1. The van der Waals surface area contributed by atoms with E-state index >= 15 is 0 Å². The molecule has 0 aliphatic heterocycles. The summed E-state index contributed by atoms with van der Waals surface area (Å²) in [5.41, 5.74) is 0. The van der Waals surface area contributed by atoms with E-state index in [0.29, 0.717) is 19.3 Å². The minimum absolute atomic E-state index is 0.0516. The molecule has 0 radical (unpaired) electrons. The van der Waals surface area contributed by atoms with Crippen molar-refractivity contribution in [3.63, 3.8) is 0 Å². The van der Waals surface area contributed by atoms with E-state index in [1.54, 1.807) is 0 Å². The van der Waals surface area contributed by atoms with E-state index < -0.39 is 18.1 Å². The minimum atomic E-state index is -0.874. The van der Waals surface area contributed by atoms with Gasteiger partial charge in [-0.3, -0.25) is 9.59 Å². The number of aliphatic carboxylic acids is 1. The van der Waals surface area contributed by atoms with Crippen LogP contribution in [0.15, 0.2) is 36.5 Å². The zero-order valence-corrected chi connectivity index (χ0v) is 41.3. The molecule has 2 atom stereocenters. The second-order valence-corrected chi connectivity index (χ2v) is 18.8. The smallest absolute Gasteiger partial charge is 0.362 e. The number of carbonyl (C=O) groups is 3. The number of carbonyl (C=O) groups excluding carboxylic acids is 2. The Labute approximate surface area is 383 Å². The van der Waals surface area contributed by atoms with Gasteiger partial charge in [-0.1, -0.05) is 185 Å². The number of rotatable bonds is 47. The zero-order valence-electron chi connectivity index (χ0n) is 41.3. The first-order valence-electron chi connectivity index (χ1n) is 26.0. The molecule has 0 aliphatic carbocycles. The number of ether oxygens (including phenoxy) is 3. The second-order valence-electron chi connectivity index (χ2n) is 18.8. The monoisotopic (exact) mass is 875 g/mol. The Morgan fingerprint density at radius 3 is 1.29 bits per heavy atom. The molecular formula is C54H100NO7+. The van der Waals surface area contributed by atoms with Crippen molar-refractivity contribution in [2.75, 3.05) is 41.0 Å². The van der Waals surface area contributed by atoms with Gasteiger partial charge in [0.15, 0.2) is 12.1 Å². The highest BCUT2D eigenvalue weighted by Crippen LogP contribution is 2.15. The van der Waals surface area contributed by atoms with Crippen LogP contribution in [0.1, 0.15) is 239 Å². The summed E-state index contributed by atoms with van der Waals surface area (Å²) in [6, 6.07) is -0.615. The van der Waals surface area contributed by atoms with Crippen molar-refractivity contribution in [2.24, 2.45) is 0 Å². The Bertz CT molecular complexity index is 1110. The Balaban J connectivity index is 4.23. The molecule has 0 bridgehead atoms. The molecule has 62 heavy (non-hydrogen) atoms. The molecule has 8 heteroatoms. The molecule has 0 amide bonds. The third-order valence-electron chi connectivity index (χ3n) is 11.8. The fourth-order valence-electron chi connectivity index (χ4n) is 7.71. The first-order valence-corrected chi connectivity index (χ1v) is 26.0. The van der Waals surface area contributed by atoms with Crippen molar-refractivity contribution in [3.05, 3.63) is 36.5 Å². The number of allylic oxidation sites excluding steroid dienone is 6. The minimum Gasteiger partial charge on any atom is -0.477 e. The summed E-state index contributed by atoms with van der Waals surface area (Å²) in [7, 11) is 5.54. The van der Waals surface area contributed by atoms with Gasteiger partial charge in [-0.05, 0) is 70.6 Å². The fraction of sp³-hybridized carbons (Fsp3) is 0.833. The second kappa shape index (κ2) is 45.1. The van der Waals surface area contributed by atoms with E-state index in [2.05, 4.69) is 50.3 Å². The quantitative estimate of drug-likeness (QED) is 0.0281. The van der Waals surface area contributed by atoms with Crippen molar-refractivity contribution >= 4 is 17.9 Å². The van der Waals surface area contributed by atoms with Gasteiger partial charge in [-0.2, -0.15) is 0 Å². The van der Waals surface area contributed by atoms with Gasteiger partial charge in [0.05, 0.1) is 34.4 Å². The SMILES string of the molecule is CCCCC/C=C\C/C=C\CCCCCCCCCCCC(=O)OC(COCCC(C(=O)O)[N+](C)(C)C)COC(=O)CCCCCCCCCCC/C=C\CCCCCCCC. The number of carboxylic acids is 1. The van der Waals surface area contributed by atoms with E-state index in [0.717, 1.165) is 44.9 Å². The lowest BCUT2D eigenvalue weighted by molar-refractivity contribution is -0.887. The normalized spacial score (nSPS) is 13.1. The van der Waals surface area contributed by atoms with E-state index in [-0.39, 0.29) is 36.2 Å². The van der Waals surface area contributed by atoms with Crippen LogP contribution >= 0.6 is 0 Å². The maximum atomic E-state index is 12.8. The van der Waals surface area contributed by atoms with E-state index in [9.17, 15) is 19.5 Å². The highest BCUT2D eigenvalue weighted by atomic mass is 16.6. The number of unbranched alkanes of at least 4 members (excludes halogenated alkanes) is 27. The largest absolute Gasteiger partial charge is 0.477 e. The molecule has 0 heterocycles. The van der Waals surface area contributed by atoms with Crippen molar-refractivity contribution in [1.29, 1.82) is 0 Å². The van der Waals surface area contributed by atoms with Crippen molar-refractivity contribution in [1.82, 2.24) is 0 Å². The third kappa shape index (κ3) is 42.8. The molecule has 0 saturated carbocycles. The predicted octanol–water partition coefficient (Wildman–Crippen LogP) is 15.0. The molecule has 0 rings (SSSR count). The lowest BCUT2D eigenvalue weighted by Crippen LogP contribution is -2.50. The number of hydrogen-bond donors (Lipinski definition) is 1. The molecule has 0 aromatic rings. The molecule has 0 fully saturated rings. The van der Waals surface area contributed by atoms with Crippen LogP contribution < -0.4 is 0 Å². The molecule has 2 unspecified atom stereocenters. The van der Waals surface area contributed by atoms with Crippen molar-refractivity contribution in [2.45, 2.75) is 251 Å². The predicted molar refractivity (Wildman–Crippen MR) is 261 cm³/mol. The van der Waals surface area contributed by atoms with Gasteiger partial charge in [0, 0.05) is 19.3 Å². The van der Waals surface area contributed by atoms with Gasteiger partial charge in [-0.25, -0.2) is 4.79 Å². The van der Waals surface area contributed by atoms with Crippen LogP contribution in [0.4, 0.5) is 0 Å². The van der Waals surface area contributed by atoms with Crippen LogP contribution in [0.25, 0.3) is 0 Å². The number of esters is 2. The van der Waals surface area contributed by atoms with Crippen LogP contribution in [-0.2, 0) is 28.6 Å². The zero-order chi connectivity index (χ0) is 45.6. The van der Waals surface area contributed by atoms with Crippen LogP contribution in [0, 0.1) is 0 Å². The highest BCUT2D eigenvalue weighted by molar-refractivity contribution is 5.72. The van der Waals surface area contributed by atoms with Crippen molar-refractivity contribution in [3.8, 4) is 0 Å². The summed E-state index contributed by atoms with van der Waals surface area (Å²) in [5.74, 6) is -1.46. The maximum absolute atomic E-state index is 12.8. The van der Waals surface area contributed by atoms with E-state index in [1.165, 1.54) is 161 Å². The molecule has 0 aromatic heterocycles. The average molecular weight is 875 g/mol. The summed E-state index contributed by atoms with van der Waals surface area (Å²) < 4.78 is 17.4. The molecular weight excluding hydrogens is 775 g/mol. The molecule has 8 nitrogen and oxygen atoms in total. The highest BCUT2D eigenvalue weighted by Gasteiger charge is 2.31. The topological polar surface area (TPSA) is 99.1 Å². The number of likely N-dealkylation sites (N-methyl/N-ethyl adjacent to an activating group) is 1. The van der Waals surface area contributed by atoms with Crippen molar-refractivity contribution < 1.29 is 38.2 Å². The Morgan fingerprint density at radius 2 is 0.855 bits per heavy atom. The maximum Gasteiger partial charge on any atom is 0.362 e. The Hall–Kier alpha value is -2.45. The lowest BCUT2D eigenvalue weighted by Gasteiger charge is -2.31. The number of hydrogen-bond acceptors (Lipinski definition) is 6. The van der Waals surface area contributed by atoms with Gasteiger partial charge in [0.25, 0.3) is 0 Å². The summed E-state index contributed by atoms with van der Waals surface area (Å²) in [6.07, 6.45) is 53.3. The van der Waals surface area contributed by atoms with Gasteiger partial charge >= 0.3 is 17.9 Å². The van der Waals surface area contributed by atoms with E-state index in [4.69, 9.17) is 14.2 Å². The van der Waals surface area contributed by atoms with Gasteiger partial charge in [-0.15, -0.1) is 0 Å².